The quantitative estimate of drug-likeness (QED) is 0.745. The summed E-state index contributed by atoms with van der Waals surface area (Å²) in [5.41, 5.74) is 0.150. The molecule has 1 atom stereocenters. The zero-order chi connectivity index (χ0) is 19.6. The maximum atomic E-state index is 13.2. The number of alkyl carbamates (subject to hydrolysis) is 1. The number of likely N-dealkylation sites (tertiary alicyclic amines) is 1. The van der Waals surface area contributed by atoms with Crippen molar-refractivity contribution in [3.63, 3.8) is 0 Å². The molecule has 27 heavy (non-hydrogen) atoms. The number of ether oxygens (including phenoxy) is 1. The molecule has 2 aromatic carbocycles. The SMILES string of the molecule is CC(C)(C)OC(=O)NC1CCCN(C(=O)c2cccc3c(Br)cccc23)C1. The number of amides is 2. The van der Waals surface area contributed by atoms with Crippen LogP contribution >= 0.6 is 15.9 Å². The summed E-state index contributed by atoms with van der Waals surface area (Å²) in [5, 5.41) is 4.84. The van der Waals surface area contributed by atoms with Crippen molar-refractivity contribution >= 4 is 38.7 Å². The molecular weight excluding hydrogens is 408 g/mol. The van der Waals surface area contributed by atoms with E-state index in [2.05, 4.69) is 21.2 Å². The Balaban J connectivity index is 1.74. The van der Waals surface area contributed by atoms with Crippen molar-refractivity contribution in [1.82, 2.24) is 10.2 Å². The van der Waals surface area contributed by atoms with Gasteiger partial charge >= 0.3 is 6.09 Å². The lowest BCUT2D eigenvalue weighted by atomic mass is 10.0. The van der Waals surface area contributed by atoms with E-state index in [4.69, 9.17) is 4.74 Å². The minimum atomic E-state index is -0.537. The van der Waals surface area contributed by atoms with Crippen LogP contribution in [0.15, 0.2) is 40.9 Å². The molecule has 1 unspecified atom stereocenters. The smallest absolute Gasteiger partial charge is 0.407 e. The molecule has 1 heterocycles. The van der Waals surface area contributed by atoms with Gasteiger partial charge in [-0.2, -0.15) is 0 Å². The molecule has 6 heteroatoms. The number of halogens is 1. The predicted molar refractivity (Wildman–Crippen MR) is 110 cm³/mol. The average molecular weight is 433 g/mol. The van der Waals surface area contributed by atoms with Crippen LogP contribution in [-0.2, 0) is 4.74 Å². The second kappa shape index (κ2) is 7.89. The number of nitrogens with zero attached hydrogens (tertiary/aromatic N) is 1. The lowest BCUT2D eigenvalue weighted by molar-refractivity contribution is 0.0452. The highest BCUT2D eigenvalue weighted by molar-refractivity contribution is 9.10. The molecule has 0 aromatic heterocycles. The van der Waals surface area contributed by atoms with Crippen molar-refractivity contribution in [2.75, 3.05) is 13.1 Å². The largest absolute Gasteiger partial charge is 0.444 e. The standard InChI is InChI=1S/C21H25BrN2O3/c1-21(2,3)27-20(26)23-14-7-6-12-24(13-14)19(25)17-10-4-9-16-15(17)8-5-11-18(16)22/h4-5,8-11,14H,6-7,12-13H2,1-3H3,(H,23,26). The van der Waals surface area contributed by atoms with Crippen LogP contribution in [0, 0.1) is 0 Å². The molecule has 1 saturated heterocycles. The second-order valence-electron chi connectivity index (χ2n) is 7.88. The molecule has 0 saturated carbocycles. The number of rotatable bonds is 2. The van der Waals surface area contributed by atoms with Gasteiger partial charge in [0.05, 0.1) is 0 Å². The maximum absolute atomic E-state index is 13.2. The Morgan fingerprint density at radius 1 is 1.15 bits per heavy atom. The van der Waals surface area contributed by atoms with E-state index >= 15 is 0 Å². The topological polar surface area (TPSA) is 58.6 Å². The van der Waals surface area contributed by atoms with E-state index in [0.29, 0.717) is 18.7 Å². The molecule has 2 amide bonds. The third-order valence-corrected chi connectivity index (χ3v) is 5.22. The van der Waals surface area contributed by atoms with Crippen molar-refractivity contribution < 1.29 is 14.3 Å². The van der Waals surface area contributed by atoms with Gasteiger partial charge in [0.15, 0.2) is 0 Å². The number of carbonyl (C=O) groups excluding carboxylic acids is 2. The van der Waals surface area contributed by atoms with Gasteiger partial charge < -0.3 is 15.0 Å². The number of hydrogen-bond donors (Lipinski definition) is 1. The van der Waals surface area contributed by atoms with E-state index in [1.54, 1.807) is 0 Å². The normalized spacial score (nSPS) is 17.6. The fourth-order valence-corrected chi connectivity index (χ4v) is 3.88. The molecular formula is C21H25BrN2O3. The van der Waals surface area contributed by atoms with Crippen LogP contribution in [0.2, 0.25) is 0 Å². The molecule has 0 aliphatic carbocycles. The van der Waals surface area contributed by atoms with E-state index < -0.39 is 11.7 Å². The number of piperidine rings is 1. The summed E-state index contributed by atoms with van der Waals surface area (Å²) in [6.45, 7) is 6.68. The van der Waals surface area contributed by atoms with Gasteiger partial charge in [-0.15, -0.1) is 0 Å². The Hall–Kier alpha value is -2.08. The summed E-state index contributed by atoms with van der Waals surface area (Å²) in [5.74, 6) is -0.00520. The van der Waals surface area contributed by atoms with Crippen LogP contribution in [0.1, 0.15) is 44.0 Å². The summed E-state index contributed by atoms with van der Waals surface area (Å²) < 4.78 is 6.30. The molecule has 0 spiro atoms. The van der Waals surface area contributed by atoms with Crippen LogP contribution < -0.4 is 5.32 Å². The number of hydrogen-bond acceptors (Lipinski definition) is 3. The van der Waals surface area contributed by atoms with Crippen molar-refractivity contribution in [2.24, 2.45) is 0 Å². The minimum Gasteiger partial charge on any atom is -0.444 e. The Kier molecular flexibility index (Phi) is 5.75. The first-order valence-electron chi connectivity index (χ1n) is 9.20. The van der Waals surface area contributed by atoms with E-state index in [0.717, 1.165) is 28.1 Å². The summed E-state index contributed by atoms with van der Waals surface area (Å²) >= 11 is 3.55. The number of nitrogens with one attached hydrogen (secondary N) is 1. The molecule has 3 rings (SSSR count). The molecule has 1 aliphatic heterocycles. The number of benzene rings is 2. The average Bonchev–Trinajstić information content (AvgIpc) is 2.59. The third-order valence-electron chi connectivity index (χ3n) is 4.53. The van der Waals surface area contributed by atoms with Gasteiger partial charge in [-0.1, -0.05) is 40.2 Å². The fraction of sp³-hybridized carbons (Fsp3) is 0.429. The van der Waals surface area contributed by atoms with Crippen molar-refractivity contribution in [1.29, 1.82) is 0 Å². The zero-order valence-electron chi connectivity index (χ0n) is 15.9. The molecule has 144 valence electrons. The summed E-state index contributed by atoms with van der Waals surface area (Å²) in [7, 11) is 0. The van der Waals surface area contributed by atoms with Crippen LogP contribution in [0.3, 0.4) is 0 Å². The highest BCUT2D eigenvalue weighted by Gasteiger charge is 2.27. The molecule has 5 nitrogen and oxygen atoms in total. The first-order chi connectivity index (χ1) is 12.7. The Morgan fingerprint density at radius 3 is 2.59 bits per heavy atom. The highest BCUT2D eigenvalue weighted by atomic mass is 79.9. The van der Waals surface area contributed by atoms with Crippen LogP contribution in [-0.4, -0.2) is 41.6 Å². The van der Waals surface area contributed by atoms with Crippen LogP contribution in [0.4, 0.5) is 4.79 Å². The lowest BCUT2D eigenvalue weighted by Gasteiger charge is -2.34. The molecule has 1 N–H and O–H groups in total. The van der Waals surface area contributed by atoms with Gasteiger partial charge in [-0.05, 0) is 56.5 Å². The second-order valence-corrected chi connectivity index (χ2v) is 8.73. The molecule has 1 fully saturated rings. The van der Waals surface area contributed by atoms with Gasteiger partial charge in [0, 0.05) is 29.2 Å². The molecule has 0 bridgehead atoms. The van der Waals surface area contributed by atoms with Gasteiger partial charge in [-0.3, -0.25) is 4.79 Å². The van der Waals surface area contributed by atoms with Crippen molar-refractivity contribution in [3.05, 3.63) is 46.4 Å². The van der Waals surface area contributed by atoms with E-state index in [9.17, 15) is 9.59 Å². The summed E-state index contributed by atoms with van der Waals surface area (Å²) in [4.78, 5) is 27.0. The van der Waals surface area contributed by atoms with Crippen molar-refractivity contribution in [3.8, 4) is 0 Å². The Labute approximate surface area is 168 Å². The van der Waals surface area contributed by atoms with Crippen LogP contribution in [0.25, 0.3) is 10.8 Å². The van der Waals surface area contributed by atoms with Gasteiger partial charge in [0.1, 0.15) is 5.60 Å². The maximum Gasteiger partial charge on any atom is 0.407 e. The third kappa shape index (κ3) is 4.80. The molecule has 1 aliphatic rings. The first-order valence-corrected chi connectivity index (χ1v) is 10.00. The fourth-order valence-electron chi connectivity index (χ4n) is 3.38. The molecule has 0 radical (unpaired) electrons. The predicted octanol–water partition coefficient (Wildman–Crippen LogP) is 4.73. The number of carbonyl (C=O) groups is 2. The molecule has 2 aromatic rings. The summed E-state index contributed by atoms with van der Waals surface area (Å²) in [6.07, 6.45) is 1.25. The Bertz CT molecular complexity index is 860. The first kappa shape index (κ1) is 19.7. The van der Waals surface area contributed by atoms with Gasteiger partial charge in [0.25, 0.3) is 5.91 Å². The van der Waals surface area contributed by atoms with Crippen molar-refractivity contribution in [2.45, 2.75) is 45.3 Å². The van der Waals surface area contributed by atoms with Gasteiger partial charge in [-0.25, -0.2) is 4.79 Å². The highest BCUT2D eigenvalue weighted by Crippen LogP contribution is 2.27. The summed E-state index contributed by atoms with van der Waals surface area (Å²) in [6, 6.07) is 11.5. The Morgan fingerprint density at radius 2 is 1.85 bits per heavy atom. The van der Waals surface area contributed by atoms with E-state index in [1.807, 2.05) is 62.1 Å². The van der Waals surface area contributed by atoms with E-state index in [1.165, 1.54) is 0 Å². The van der Waals surface area contributed by atoms with E-state index in [-0.39, 0.29) is 11.9 Å². The zero-order valence-corrected chi connectivity index (χ0v) is 17.5. The minimum absolute atomic E-state index is 0.00520. The number of fused-ring (bicyclic) bond motifs is 1. The lowest BCUT2D eigenvalue weighted by Crippen LogP contribution is -2.50. The van der Waals surface area contributed by atoms with Gasteiger partial charge in [0.2, 0.25) is 0 Å². The van der Waals surface area contributed by atoms with Crippen LogP contribution in [0.5, 0.6) is 0 Å². The monoisotopic (exact) mass is 432 g/mol.